The highest BCUT2D eigenvalue weighted by atomic mass is 15.3. The molecule has 0 saturated carbocycles. The molecule has 0 saturated heterocycles. The summed E-state index contributed by atoms with van der Waals surface area (Å²) in [7, 11) is 3.70. The first-order valence-corrected chi connectivity index (χ1v) is 5.75. The maximum Gasteiger partial charge on any atom is 0.182 e. The minimum Gasteiger partial charge on any atom is -0.384 e. The highest BCUT2D eigenvalue weighted by molar-refractivity contribution is 5.64. The van der Waals surface area contributed by atoms with Gasteiger partial charge >= 0.3 is 0 Å². The van der Waals surface area contributed by atoms with Gasteiger partial charge in [-0.05, 0) is 6.07 Å². The Labute approximate surface area is 109 Å². The van der Waals surface area contributed by atoms with E-state index in [0.717, 1.165) is 11.3 Å². The first-order valence-electron chi connectivity index (χ1n) is 5.75. The van der Waals surface area contributed by atoms with Gasteiger partial charge in [-0.1, -0.05) is 0 Å². The molecule has 3 heterocycles. The molecule has 7 heteroatoms. The molecule has 96 valence electrons. The zero-order valence-corrected chi connectivity index (χ0v) is 10.6. The van der Waals surface area contributed by atoms with Crippen LogP contribution in [0.25, 0.3) is 22.8 Å². The van der Waals surface area contributed by atoms with Crippen molar-refractivity contribution in [2.24, 2.45) is 14.1 Å². The normalized spacial score (nSPS) is 10.8. The topological polar surface area (TPSA) is 87.4 Å². The van der Waals surface area contributed by atoms with Crippen molar-refractivity contribution in [3.8, 4) is 22.8 Å². The van der Waals surface area contributed by atoms with Gasteiger partial charge in [-0.15, -0.1) is 0 Å². The average Bonchev–Trinajstić information content (AvgIpc) is 2.97. The van der Waals surface area contributed by atoms with Gasteiger partial charge in [-0.25, -0.2) is 9.97 Å². The molecule has 0 unspecified atom stereocenters. The van der Waals surface area contributed by atoms with Crippen LogP contribution >= 0.6 is 0 Å². The summed E-state index contributed by atoms with van der Waals surface area (Å²) < 4.78 is 3.42. The summed E-state index contributed by atoms with van der Waals surface area (Å²) in [4.78, 5) is 8.69. The molecule has 2 N–H and O–H groups in total. The van der Waals surface area contributed by atoms with Crippen LogP contribution in [-0.2, 0) is 14.1 Å². The monoisotopic (exact) mass is 255 g/mol. The Bertz CT molecular complexity index is 667. The third-order valence-corrected chi connectivity index (χ3v) is 2.69. The van der Waals surface area contributed by atoms with Gasteiger partial charge in [0.15, 0.2) is 5.82 Å². The van der Waals surface area contributed by atoms with Gasteiger partial charge in [0.25, 0.3) is 0 Å². The van der Waals surface area contributed by atoms with Crippen molar-refractivity contribution >= 4 is 5.82 Å². The second-order valence-corrected chi connectivity index (χ2v) is 4.28. The molecule has 0 radical (unpaired) electrons. The zero-order chi connectivity index (χ0) is 13.4. The van der Waals surface area contributed by atoms with E-state index in [2.05, 4.69) is 20.2 Å². The molecule has 19 heavy (non-hydrogen) atoms. The van der Waals surface area contributed by atoms with Crippen LogP contribution in [0.2, 0.25) is 0 Å². The lowest BCUT2D eigenvalue weighted by atomic mass is 10.2. The molecule has 0 fully saturated rings. The van der Waals surface area contributed by atoms with E-state index in [1.165, 1.54) is 0 Å². The Morgan fingerprint density at radius 1 is 1.11 bits per heavy atom. The number of aryl methyl sites for hydroxylation is 2. The lowest BCUT2D eigenvalue weighted by molar-refractivity contribution is 0.768. The Morgan fingerprint density at radius 2 is 1.95 bits per heavy atom. The SMILES string of the molecule is Cn1cc(-c2cc(N)nc(-c3ccn(C)n3)n2)cn1. The van der Waals surface area contributed by atoms with Crippen LogP contribution in [0.15, 0.2) is 30.7 Å². The van der Waals surface area contributed by atoms with E-state index < -0.39 is 0 Å². The average molecular weight is 255 g/mol. The first kappa shape index (κ1) is 11.4. The number of hydrogen-bond donors (Lipinski definition) is 1. The van der Waals surface area contributed by atoms with E-state index in [1.807, 2.05) is 32.6 Å². The third kappa shape index (κ3) is 2.17. The molecule has 0 atom stereocenters. The van der Waals surface area contributed by atoms with Gasteiger partial charge < -0.3 is 5.73 Å². The fourth-order valence-corrected chi connectivity index (χ4v) is 1.82. The molecule has 0 aromatic carbocycles. The minimum atomic E-state index is 0.412. The predicted octanol–water partition coefficient (Wildman–Crippen LogP) is 0.860. The van der Waals surface area contributed by atoms with Crippen molar-refractivity contribution in [1.82, 2.24) is 29.5 Å². The zero-order valence-electron chi connectivity index (χ0n) is 10.6. The molecule has 3 rings (SSSR count). The lowest BCUT2D eigenvalue weighted by Crippen LogP contribution is -1.98. The van der Waals surface area contributed by atoms with Crippen molar-refractivity contribution < 1.29 is 0 Å². The van der Waals surface area contributed by atoms with Gasteiger partial charge in [0.2, 0.25) is 0 Å². The quantitative estimate of drug-likeness (QED) is 0.733. The fraction of sp³-hybridized carbons (Fsp3) is 0.167. The van der Waals surface area contributed by atoms with Gasteiger partial charge in [0.05, 0.1) is 11.9 Å². The Hall–Kier alpha value is -2.70. The van der Waals surface area contributed by atoms with Crippen molar-refractivity contribution in [2.75, 3.05) is 5.73 Å². The molecule has 3 aromatic heterocycles. The maximum absolute atomic E-state index is 5.83. The summed E-state index contributed by atoms with van der Waals surface area (Å²) in [6, 6.07) is 3.57. The Morgan fingerprint density at radius 3 is 2.58 bits per heavy atom. The number of nitrogens with two attached hydrogens (primary N) is 1. The van der Waals surface area contributed by atoms with Gasteiger partial charge in [-0.2, -0.15) is 10.2 Å². The van der Waals surface area contributed by atoms with E-state index in [0.29, 0.717) is 17.3 Å². The first-order chi connectivity index (χ1) is 9.11. The van der Waals surface area contributed by atoms with Crippen molar-refractivity contribution in [3.05, 3.63) is 30.7 Å². The smallest absolute Gasteiger partial charge is 0.182 e. The number of aromatic nitrogens is 6. The number of rotatable bonds is 2. The van der Waals surface area contributed by atoms with Crippen molar-refractivity contribution in [1.29, 1.82) is 0 Å². The summed E-state index contributed by atoms with van der Waals surface area (Å²) in [6.07, 6.45) is 5.46. The second-order valence-electron chi connectivity index (χ2n) is 4.28. The maximum atomic E-state index is 5.83. The van der Waals surface area contributed by atoms with E-state index in [-0.39, 0.29) is 0 Å². The van der Waals surface area contributed by atoms with Crippen LogP contribution in [0.5, 0.6) is 0 Å². The highest BCUT2D eigenvalue weighted by Crippen LogP contribution is 2.21. The van der Waals surface area contributed by atoms with Crippen molar-refractivity contribution in [2.45, 2.75) is 0 Å². The van der Waals surface area contributed by atoms with E-state index >= 15 is 0 Å². The molecule has 0 aliphatic carbocycles. The Balaban J connectivity index is 2.10. The third-order valence-electron chi connectivity index (χ3n) is 2.69. The van der Waals surface area contributed by atoms with Crippen LogP contribution in [0.4, 0.5) is 5.82 Å². The largest absolute Gasteiger partial charge is 0.384 e. The lowest BCUT2D eigenvalue weighted by Gasteiger charge is -2.02. The number of nitrogens with zero attached hydrogens (tertiary/aromatic N) is 6. The summed E-state index contributed by atoms with van der Waals surface area (Å²) in [6.45, 7) is 0. The summed E-state index contributed by atoms with van der Waals surface area (Å²) in [5, 5.41) is 8.40. The minimum absolute atomic E-state index is 0.412. The van der Waals surface area contributed by atoms with Crippen molar-refractivity contribution in [3.63, 3.8) is 0 Å². The number of nitrogen functional groups attached to an aromatic ring is 1. The molecule has 0 aliphatic rings. The van der Waals surface area contributed by atoms with Gasteiger partial charge in [0.1, 0.15) is 11.5 Å². The second kappa shape index (κ2) is 4.20. The summed E-state index contributed by atoms with van der Waals surface area (Å²) in [5.74, 6) is 0.925. The van der Waals surface area contributed by atoms with Gasteiger partial charge in [0, 0.05) is 38.1 Å². The van der Waals surface area contributed by atoms with E-state index in [9.17, 15) is 0 Å². The van der Waals surface area contributed by atoms with E-state index in [1.54, 1.807) is 21.6 Å². The molecular formula is C12H13N7. The number of anilines is 1. The summed E-state index contributed by atoms with van der Waals surface area (Å²) >= 11 is 0. The molecule has 3 aromatic rings. The van der Waals surface area contributed by atoms with E-state index in [4.69, 9.17) is 5.73 Å². The Kier molecular flexibility index (Phi) is 2.52. The molecule has 0 amide bonds. The molecule has 0 aliphatic heterocycles. The molecule has 0 bridgehead atoms. The van der Waals surface area contributed by atoms with Crippen LogP contribution < -0.4 is 5.73 Å². The van der Waals surface area contributed by atoms with Crippen LogP contribution in [0.1, 0.15) is 0 Å². The predicted molar refractivity (Wildman–Crippen MR) is 70.8 cm³/mol. The number of hydrogen-bond acceptors (Lipinski definition) is 5. The molecular weight excluding hydrogens is 242 g/mol. The molecule has 7 nitrogen and oxygen atoms in total. The molecule has 0 spiro atoms. The fourth-order valence-electron chi connectivity index (χ4n) is 1.82. The highest BCUT2D eigenvalue weighted by Gasteiger charge is 2.10. The standard InChI is InChI=1S/C12H13N7/c1-18-4-3-9(17-18)12-15-10(5-11(13)16-12)8-6-14-19(2)7-8/h3-7H,1-2H3,(H2,13,15,16). The van der Waals surface area contributed by atoms with Gasteiger partial charge in [-0.3, -0.25) is 9.36 Å². The van der Waals surface area contributed by atoms with Crippen LogP contribution in [0, 0.1) is 0 Å². The summed E-state index contributed by atoms with van der Waals surface area (Å²) in [5.41, 5.74) is 8.16. The van der Waals surface area contributed by atoms with Crippen LogP contribution in [-0.4, -0.2) is 29.5 Å². The van der Waals surface area contributed by atoms with Crippen LogP contribution in [0.3, 0.4) is 0 Å².